The fourth-order valence-electron chi connectivity index (χ4n) is 1.68. The predicted octanol–water partition coefficient (Wildman–Crippen LogP) is 2.59. The molecule has 1 rings (SSSR count). The average molecular weight is 278 g/mol. The molecule has 4 heteroatoms. The highest BCUT2D eigenvalue weighted by Crippen LogP contribution is 2.09. The lowest BCUT2D eigenvalue weighted by atomic mass is 10.1. The molecule has 0 unspecified atom stereocenters. The molecule has 20 heavy (non-hydrogen) atoms. The fourth-order valence-corrected chi connectivity index (χ4v) is 1.68. The molecule has 0 radical (unpaired) electrons. The Bertz CT molecular complexity index is 407. The maximum atomic E-state index is 11.7. The van der Waals surface area contributed by atoms with Gasteiger partial charge in [-0.2, -0.15) is 0 Å². The zero-order valence-corrected chi connectivity index (χ0v) is 13.0. The van der Waals surface area contributed by atoms with E-state index >= 15 is 0 Å². The van der Waals surface area contributed by atoms with Crippen LogP contribution in [-0.2, 0) is 16.0 Å². The van der Waals surface area contributed by atoms with Crippen LogP contribution < -0.4 is 10.6 Å². The first-order valence-corrected chi connectivity index (χ1v) is 7.12. The van der Waals surface area contributed by atoms with Crippen molar-refractivity contribution in [1.82, 2.24) is 5.32 Å². The molecule has 0 aliphatic carbocycles. The fraction of sp³-hybridized carbons (Fsp3) is 0.562. The Morgan fingerprint density at radius 2 is 1.85 bits per heavy atom. The van der Waals surface area contributed by atoms with Gasteiger partial charge in [-0.3, -0.25) is 4.79 Å². The van der Waals surface area contributed by atoms with Crippen LogP contribution >= 0.6 is 0 Å². The van der Waals surface area contributed by atoms with Crippen LogP contribution in [0.5, 0.6) is 0 Å². The third kappa shape index (κ3) is 7.26. The molecule has 0 fully saturated rings. The molecule has 1 aromatic carbocycles. The third-order valence-electron chi connectivity index (χ3n) is 2.78. The van der Waals surface area contributed by atoms with Crippen LogP contribution in [0.15, 0.2) is 24.3 Å². The molecule has 0 saturated heterocycles. The van der Waals surface area contributed by atoms with E-state index in [1.807, 2.05) is 24.3 Å². The van der Waals surface area contributed by atoms with Gasteiger partial charge in [0.1, 0.15) is 6.61 Å². The number of carbonyl (C=O) groups is 1. The third-order valence-corrected chi connectivity index (χ3v) is 2.78. The van der Waals surface area contributed by atoms with E-state index in [0.29, 0.717) is 6.61 Å². The summed E-state index contributed by atoms with van der Waals surface area (Å²) in [6.07, 6.45) is 0.998. The number of anilines is 1. The quantitative estimate of drug-likeness (QED) is 0.754. The Morgan fingerprint density at radius 3 is 2.40 bits per heavy atom. The van der Waals surface area contributed by atoms with Crippen molar-refractivity contribution < 1.29 is 9.53 Å². The highest BCUT2D eigenvalue weighted by atomic mass is 16.5. The van der Waals surface area contributed by atoms with E-state index in [4.69, 9.17) is 4.74 Å². The minimum atomic E-state index is -0.120. The molecular formula is C16H26N2O2. The number of hydrogen-bond donors (Lipinski definition) is 2. The van der Waals surface area contributed by atoms with Gasteiger partial charge in [0, 0.05) is 17.8 Å². The topological polar surface area (TPSA) is 50.4 Å². The largest absolute Gasteiger partial charge is 0.370 e. The minimum Gasteiger partial charge on any atom is -0.370 e. The van der Waals surface area contributed by atoms with Gasteiger partial charge in [0.05, 0.1) is 6.61 Å². The summed E-state index contributed by atoms with van der Waals surface area (Å²) in [6, 6.07) is 7.86. The Morgan fingerprint density at radius 1 is 1.20 bits per heavy atom. The minimum absolute atomic E-state index is 0.0760. The van der Waals surface area contributed by atoms with Crippen LogP contribution in [0.25, 0.3) is 0 Å². The monoisotopic (exact) mass is 278 g/mol. The molecule has 0 spiro atoms. The van der Waals surface area contributed by atoms with Crippen molar-refractivity contribution in [2.75, 3.05) is 25.1 Å². The van der Waals surface area contributed by atoms with Crippen LogP contribution in [0.4, 0.5) is 5.69 Å². The van der Waals surface area contributed by atoms with Crippen molar-refractivity contribution in [3.8, 4) is 0 Å². The van der Waals surface area contributed by atoms with E-state index in [1.54, 1.807) is 0 Å². The van der Waals surface area contributed by atoms with Crippen molar-refractivity contribution in [2.24, 2.45) is 0 Å². The maximum absolute atomic E-state index is 11.7. The van der Waals surface area contributed by atoms with Crippen molar-refractivity contribution in [3.05, 3.63) is 29.8 Å². The second-order valence-electron chi connectivity index (χ2n) is 5.83. The maximum Gasteiger partial charge on any atom is 0.250 e. The summed E-state index contributed by atoms with van der Waals surface area (Å²) in [7, 11) is 0. The molecule has 0 heterocycles. The lowest BCUT2D eigenvalue weighted by Gasteiger charge is -2.20. The summed E-state index contributed by atoms with van der Waals surface area (Å²) < 4.78 is 5.33. The first-order valence-electron chi connectivity index (χ1n) is 7.12. The molecule has 0 aliphatic rings. The van der Waals surface area contributed by atoms with E-state index < -0.39 is 0 Å². The van der Waals surface area contributed by atoms with Crippen molar-refractivity contribution in [2.45, 2.75) is 39.7 Å². The standard InChI is InChI=1S/C16H26N2O2/c1-5-13-6-8-14(9-7-13)18-15(19)12-20-11-10-17-16(2,3)4/h6-9,17H,5,10-12H2,1-4H3,(H,18,19). The molecule has 2 N–H and O–H groups in total. The van der Waals surface area contributed by atoms with Crippen LogP contribution in [0.3, 0.4) is 0 Å². The number of carbonyl (C=O) groups excluding carboxylic acids is 1. The molecule has 0 bridgehead atoms. The van der Waals surface area contributed by atoms with E-state index in [1.165, 1.54) is 5.56 Å². The first-order chi connectivity index (χ1) is 9.40. The molecule has 1 aromatic rings. The van der Waals surface area contributed by atoms with Crippen LogP contribution in [-0.4, -0.2) is 31.2 Å². The van der Waals surface area contributed by atoms with Crippen molar-refractivity contribution >= 4 is 11.6 Å². The number of amides is 1. The molecule has 0 saturated carbocycles. The Balaban J connectivity index is 2.19. The normalized spacial score (nSPS) is 11.4. The van der Waals surface area contributed by atoms with Crippen molar-refractivity contribution in [3.63, 3.8) is 0 Å². The van der Waals surface area contributed by atoms with Crippen molar-refractivity contribution in [1.29, 1.82) is 0 Å². The van der Waals surface area contributed by atoms with Gasteiger partial charge in [-0.25, -0.2) is 0 Å². The number of benzene rings is 1. The molecule has 112 valence electrons. The summed E-state index contributed by atoms with van der Waals surface area (Å²) in [5, 5.41) is 6.12. The van der Waals surface area contributed by atoms with E-state index in [0.717, 1.165) is 18.7 Å². The summed E-state index contributed by atoms with van der Waals surface area (Å²) in [5.41, 5.74) is 2.14. The Kier molecular flexibility index (Phi) is 6.68. The van der Waals surface area contributed by atoms with Gasteiger partial charge in [0.15, 0.2) is 0 Å². The molecule has 0 aliphatic heterocycles. The summed E-state index contributed by atoms with van der Waals surface area (Å²) in [5.74, 6) is -0.120. The lowest BCUT2D eigenvalue weighted by Crippen LogP contribution is -2.38. The number of ether oxygens (including phenoxy) is 1. The van der Waals surface area contributed by atoms with Crippen LogP contribution in [0.1, 0.15) is 33.3 Å². The highest BCUT2D eigenvalue weighted by molar-refractivity contribution is 5.91. The predicted molar refractivity (Wildman–Crippen MR) is 83.0 cm³/mol. The van der Waals surface area contributed by atoms with E-state index in [-0.39, 0.29) is 18.1 Å². The van der Waals surface area contributed by atoms with Crippen LogP contribution in [0.2, 0.25) is 0 Å². The van der Waals surface area contributed by atoms with Gasteiger partial charge < -0.3 is 15.4 Å². The second kappa shape index (κ2) is 8.02. The first kappa shape index (κ1) is 16.7. The second-order valence-corrected chi connectivity index (χ2v) is 5.83. The SMILES string of the molecule is CCc1ccc(NC(=O)COCCNC(C)(C)C)cc1. The zero-order valence-electron chi connectivity index (χ0n) is 13.0. The van der Waals surface area contributed by atoms with Gasteiger partial charge in [-0.1, -0.05) is 19.1 Å². The van der Waals surface area contributed by atoms with E-state index in [2.05, 4.69) is 38.3 Å². The van der Waals surface area contributed by atoms with Gasteiger partial charge in [0.2, 0.25) is 5.91 Å². The number of rotatable bonds is 7. The van der Waals surface area contributed by atoms with Gasteiger partial charge in [-0.15, -0.1) is 0 Å². The Labute approximate surface area is 121 Å². The van der Waals surface area contributed by atoms with E-state index in [9.17, 15) is 4.79 Å². The summed E-state index contributed by atoms with van der Waals surface area (Å²) in [4.78, 5) is 11.7. The van der Waals surface area contributed by atoms with Gasteiger partial charge >= 0.3 is 0 Å². The van der Waals surface area contributed by atoms with Gasteiger partial charge in [-0.05, 0) is 44.9 Å². The lowest BCUT2D eigenvalue weighted by molar-refractivity contribution is -0.120. The summed E-state index contributed by atoms with van der Waals surface area (Å²) in [6.45, 7) is 9.74. The molecular weight excluding hydrogens is 252 g/mol. The zero-order chi connectivity index (χ0) is 15.0. The van der Waals surface area contributed by atoms with Gasteiger partial charge in [0.25, 0.3) is 0 Å². The Hall–Kier alpha value is -1.39. The molecule has 4 nitrogen and oxygen atoms in total. The number of hydrogen-bond acceptors (Lipinski definition) is 3. The van der Waals surface area contributed by atoms with Crippen LogP contribution in [0, 0.1) is 0 Å². The molecule has 0 aromatic heterocycles. The summed E-state index contributed by atoms with van der Waals surface area (Å²) >= 11 is 0. The number of nitrogens with one attached hydrogen (secondary N) is 2. The molecule has 1 amide bonds. The smallest absolute Gasteiger partial charge is 0.250 e. The average Bonchev–Trinajstić information content (AvgIpc) is 2.38. The molecule has 0 atom stereocenters. The highest BCUT2D eigenvalue weighted by Gasteiger charge is 2.08. The number of aryl methyl sites for hydroxylation is 1.